The molecule has 0 saturated heterocycles. The average molecular weight is 340 g/mol. The number of aromatic nitrogens is 2. The van der Waals surface area contributed by atoms with E-state index in [1.54, 1.807) is 4.57 Å². The topological polar surface area (TPSA) is 44.1 Å². The van der Waals surface area contributed by atoms with Crippen LogP contribution in [-0.2, 0) is 16.8 Å². The molecular formula is C22H16N2O2. The lowest BCUT2D eigenvalue weighted by Gasteiger charge is -2.37. The van der Waals surface area contributed by atoms with Crippen LogP contribution in [0.2, 0.25) is 0 Å². The number of benzene rings is 3. The Bertz CT molecular complexity index is 1060. The van der Waals surface area contributed by atoms with Crippen molar-refractivity contribution in [1.29, 1.82) is 0 Å². The highest BCUT2D eigenvalue weighted by Gasteiger charge is 2.45. The molecule has 0 bridgehead atoms. The Morgan fingerprint density at radius 1 is 0.808 bits per heavy atom. The summed E-state index contributed by atoms with van der Waals surface area (Å²) in [5, 5.41) is 0. The van der Waals surface area contributed by atoms with Gasteiger partial charge in [0.15, 0.2) is 5.60 Å². The van der Waals surface area contributed by atoms with Gasteiger partial charge < -0.3 is 4.74 Å². The molecule has 0 radical (unpaired) electrons. The van der Waals surface area contributed by atoms with E-state index >= 15 is 0 Å². The summed E-state index contributed by atoms with van der Waals surface area (Å²) in [6.07, 6.45) is 0.0919. The summed E-state index contributed by atoms with van der Waals surface area (Å²) < 4.78 is 7.71. The summed E-state index contributed by atoms with van der Waals surface area (Å²) in [6, 6.07) is 27.4. The van der Waals surface area contributed by atoms with Gasteiger partial charge in [0.25, 0.3) is 0 Å². The Balaban J connectivity index is 1.76. The van der Waals surface area contributed by atoms with Gasteiger partial charge in [-0.1, -0.05) is 72.8 Å². The van der Waals surface area contributed by atoms with E-state index < -0.39 is 11.7 Å². The molecule has 5 rings (SSSR count). The average Bonchev–Trinajstić information content (AvgIpc) is 3.08. The normalized spacial score (nSPS) is 15.5. The monoisotopic (exact) mass is 340 g/mol. The summed E-state index contributed by atoms with van der Waals surface area (Å²) >= 11 is 0. The van der Waals surface area contributed by atoms with Crippen LogP contribution in [-0.4, -0.2) is 15.6 Å². The summed E-state index contributed by atoms with van der Waals surface area (Å²) in [6.45, 7) is 0. The fourth-order valence-corrected chi connectivity index (χ4v) is 3.76. The van der Waals surface area contributed by atoms with Gasteiger partial charge >= 0.3 is 6.09 Å². The van der Waals surface area contributed by atoms with Crippen LogP contribution < -0.4 is 0 Å². The first kappa shape index (κ1) is 14.9. The lowest BCUT2D eigenvalue weighted by Crippen LogP contribution is -2.43. The zero-order valence-electron chi connectivity index (χ0n) is 14.0. The number of fused-ring (bicyclic) bond motifs is 3. The molecule has 0 unspecified atom stereocenters. The van der Waals surface area contributed by atoms with Gasteiger partial charge in [-0.3, -0.25) is 0 Å². The molecule has 0 spiro atoms. The third kappa shape index (κ3) is 2.09. The smallest absolute Gasteiger partial charge is 0.421 e. The molecule has 26 heavy (non-hydrogen) atoms. The highest BCUT2D eigenvalue weighted by Crippen LogP contribution is 2.40. The zero-order valence-corrected chi connectivity index (χ0v) is 14.0. The first-order valence-electron chi connectivity index (χ1n) is 8.59. The maximum absolute atomic E-state index is 13.0. The molecule has 0 N–H and O–H groups in total. The number of rotatable bonds is 2. The molecule has 0 aliphatic carbocycles. The summed E-state index contributed by atoms with van der Waals surface area (Å²) in [5.74, 6) is 0.718. The van der Waals surface area contributed by atoms with Gasteiger partial charge in [0.05, 0.1) is 17.5 Å². The van der Waals surface area contributed by atoms with Gasteiger partial charge in [-0.05, 0) is 12.1 Å². The predicted molar refractivity (Wildman–Crippen MR) is 99.0 cm³/mol. The van der Waals surface area contributed by atoms with E-state index in [2.05, 4.69) is 0 Å². The Morgan fingerprint density at radius 2 is 1.38 bits per heavy atom. The SMILES string of the molecule is O=C1OC(c2ccccc2)(c2ccccc2)Cc2nc3ccccc3n21. The molecular weight excluding hydrogens is 324 g/mol. The molecule has 4 aromatic rings. The Labute approximate surface area is 150 Å². The van der Waals surface area contributed by atoms with E-state index in [4.69, 9.17) is 9.72 Å². The number of ether oxygens (including phenoxy) is 1. The summed E-state index contributed by atoms with van der Waals surface area (Å²) in [7, 11) is 0. The molecule has 3 aromatic carbocycles. The van der Waals surface area contributed by atoms with Gasteiger partial charge in [-0.2, -0.15) is 0 Å². The van der Waals surface area contributed by atoms with E-state index in [0.29, 0.717) is 6.42 Å². The van der Waals surface area contributed by atoms with Crippen LogP contribution >= 0.6 is 0 Å². The number of carbonyl (C=O) groups excluding carboxylic acids is 1. The third-order valence-corrected chi connectivity index (χ3v) is 4.96. The van der Waals surface area contributed by atoms with E-state index in [1.165, 1.54) is 0 Å². The van der Waals surface area contributed by atoms with Crippen molar-refractivity contribution in [3.63, 3.8) is 0 Å². The van der Waals surface area contributed by atoms with Crippen molar-refractivity contribution >= 4 is 17.1 Å². The number of hydrogen-bond acceptors (Lipinski definition) is 3. The Morgan fingerprint density at radius 3 is 2.04 bits per heavy atom. The number of cyclic esters (lactones) is 1. The van der Waals surface area contributed by atoms with Crippen LogP contribution in [0.15, 0.2) is 84.9 Å². The van der Waals surface area contributed by atoms with Crippen molar-refractivity contribution in [2.45, 2.75) is 12.0 Å². The van der Waals surface area contributed by atoms with E-state index in [9.17, 15) is 4.79 Å². The second-order valence-corrected chi connectivity index (χ2v) is 6.46. The Kier molecular flexibility index (Phi) is 3.19. The van der Waals surface area contributed by atoms with Crippen molar-refractivity contribution in [1.82, 2.24) is 9.55 Å². The quantitative estimate of drug-likeness (QED) is 0.539. The van der Waals surface area contributed by atoms with Crippen molar-refractivity contribution in [2.75, 3.05) is 0 Å². The number of hydrogen-bond donors (Lipinski definition) is 0. The van der Waals surface area contributed by atoms with E-state index in [1.807, 2.05) is 84.9 Å². The molecule has 1 aliphatic rings. The van der Waals surface area contributed by atoms with Gasteiger partial charge in [-0.15, -0.1) is 0 Å². The molecule has 4 nitrogen and oxygen atoms in total. The molecule has 0 atom stereocenters. The van der Waals surface area contributed by atoms with Crippen LogP contribution in [0.1, 0.15) is 17.0 Å². The molecule has 0 amide bonds. The fourth-order valence-electron chi connectivity index (χ4n) is 3.76. The van der Waals surface area contributed by atoms with Crippen molar-refractivity contribution in [2.24, 2.45) is 0 Å². The molecule has 2 heterocycles. The van der Waals surface area contributed by atoms with Crippen molar-refractivity contribution in [3.05, 3.63) is 102 Å². The van der Waals surface area contributed by atoms with Gasteiger partial charge in [0.2, 0.25) is 0 Å². The number of nitrogens with zero attached hydrogens (tertiary/aromatic N) is 2. The van der Waals surface area contributed by atoms with Gasteiger partial charge in [0.1, 0.15) is 5.82 Å². The maximum Gasteiger partial charge on any atom is 0.421 e. The molecule has 4 heteroatoms. The van der Waals surface area contributed by atoms with Crippen LogP contribution in [0.3, 0.4) is 0 Å². The molecule has 0 saturated carbocycles. The molecule has 126 valence electrons. The zero-order chi connectivity index (χ0) is 17.6. The van der Waals surface area contributed by atoms with Crippen LogP contribution in [0.5, 0.6) is 0 Å². The Hall–Kier alpha value is -3.40. The minimum absolute atomic E-state index is 0.396. The predicted octanol–water partition coefficient (Wildman–Crippen LogP) is 4.52. The van der Waals surface area contributed by atoms with Crippen LogP contribution in [0.4, 0.5) is 4.79 Å². The summed E-state index contributed by atoms with van der Waals surface area (Å²) in [4.78, 5) is 17.7. The molecule has 1 aromatic heterocycles. The molecule has 1 aliphatic heterocycles. The van der Waals surface area contributed by atoms with Crippen LogP contribution in [0, 0.1) is 0 Å². The number of imidazole rings is 1. The minimum Gasteiger partial charge on any atom is -0.432 e. The second-order valence-electron chi connectivity index (χ2n) is 6.46. The van der Waals surface area contributed by atoms with Crippen LogP contribution in [0.25, 0.3) is 11.0 Å². The third-order valence-electron chi connectivity index (χ3n) is 4.96. The second kappa shape index (κ2) is 5.56. The van der Waals surface area contributed by atoms with Gasteiger partial charge in [-0.25, -0.2) is 14.3 Å². The van der Waals surface area contributed by atoms with Gasteiger partial charge in [0, 0.05) is 11.1 Å². The first-order chi connectivity index (χ1) is 12.8. The highest BCUT2D eigenvalue weighted by atomic mass is 16.6. The largest absolute Gasteiger partial charge is 0.432 e. The standard InChI is InChI=1S/C22H16N2O2/c25-21-24-19-14-8-7-13-18(19)23-20(24)15-22(26-21,16-9-3-1-4-10-16)17-11-5-2-6-12-17/h1-14H,15H2. The first-order valence-corrected chi connectivity index (χ1v) is 8.59. The lowest BCUT2D eigenvalue weighted by atomic mass is 9.82. The maximum atomic E-state index is 13.0. The summed E-state index contributed by atoms with van der Waals surface area (Å²) in [5.41, 5.74) is 2.59. The van der Waals surface area contributed by atoms with E-state index in [-0.39, 0.29) is 0 Å². The fraction of sp³-hybridized carbons (Fsp3) is 0.0909. The van der Waals surface area contributed by atoms with E-state index in [0.717, 1.165) is 28.0 Å². The highest BCUT2D eigenvalue weighted by molar-refractivity contribution is 5.88. The lowest BCUT2D eigenvalue weighted by molar-refractivity contribution is 0.0250. The number of para-hydroxylation sites is 2. The van der Waals surface area contributed by atoms with Crippen molar-refractivity contribution < 1.29 is 9.53 Å². The van der Waals surface area contributed by atoms with Crippen molar-refractivity contribution in [3.8, 4) is 0 Å². The minimum atomic E-state index is -0.878. The number of carbonyl (C=O) groups is 1. The molecule has 0 fully saturated rings.